The molecular formula is C18H23ClFN3O3. The molecule has 26 heavy (non-hydrogen) atoms. The Labute approximate surface area is 157 Å². The molecule has 1 aromatic rings. The summed E-state index contributed by atoms with van der Waals surface area (Å²) in [6.45, 7) is 4.04. The van der Waals surface area contributed by atoms with Crippen LogP contribution < -0.4 is 5.32 Å². The van der Waals surface area contributed by atoms with Gasteiger partial charge in [0.2, 0.25) is 11.8 Å². The molecule has 0 saturated carbocycles. The highest BCUT2D eigenvalue weighted by atomic mass is 35.5. The second-order valence-corrected chi connectivity index (χ2v) is 7.10. The van der Waals surface area contributed by atoms with Crippen LogP contribution in [0.5, 0.6) is 0 Å². The van der Waals surface area contributed by atoms with Gasteiger partial charge in [-0.2, -0.15) is 0 Å². The average Bonchev–Trinajstić information content (AvgIpc) is 2.65. The highest BCUT2D eigenvalue weighted by molar-refractivity contribution is 6.30. The second kappa shape index (κ2) is 8.79. The largest absolute Gasteiger partial charge is 0.378 e. The number of halogens is 2. The number of carbonyl (C=O) groups is 2. The standard InChI is InChI=1S/C18H23ClFN3O3/c19-14-1-2-15(20)16(11-14)21-17(24)12-22-5-3-13(4-6-22)18(25)23-7-9-26-10-8-23/h1-2,11,13H,3-10,12H2,(H,21,24). The van der Waals surface area contributed by atoms with Crippen molar-refractivity contribution >= 4 is 29.1 Å². The van der Waals surface area contributed by atoms with Crippen molar-refractivity contribution < 1.29 is 18.7 Å². The monoisotopic (exact) mass is 383 g/mol. The van der Waals surface area contributed by atoms with E-state index in [0.717, 1.165) is 12.8 Å². The average molecular weight is 384 g/mol. The number of piperidine rings is 1. The zero-order valence-electron chi connectivity index (χ0n) is 14.5. The summed E-state index contributed by atoms with van der Waals surface area (Å²) in [6, 6.07) is 4.05. The van der Waals surface area contributed by atoms with Crippen LogP contribution in [0.25, 0.3) is 0 Å². The Balaban J connectivity index is 1.45. The molecule has 2 amide bonds. The first-order valence-electron chi connectivity index (χ1n) is 8.87. The van der Waals surface area contributed by atoms with E-state index < -0.39 is 5.82 Å². The lowest BCUT2D eigenvalue weighted by molar-refractivity contribution is -0.141. The Bertz CT molecular complexity index is 659. The molecule has 0 radical (unpaired) electrons. The van der Waals surface area contributed by atoms with E-state index in [1.54, 1.807) is 0 Å². The number of anilines is 1. The number of hydrogen-bond acceptors (Lipinski definition) is 4. The Morgan fingerprint density at radius 1 is 1.19 bits per heavy atom. The summed E-state index contributed by atoms with van der Waals surface area (Å²) in [5.41, 5.74) is 0.0832. The van der Waals surface area contributed by atoms with Crippen molar-refractivity contribution in [2.45, 2.75) is 12.8 Å². The molecule has 0 bridgehead atoms. The summed E-state index contributed by atoms with van der Waals surface area (Å²) in [5.74, 6) is -0.599. The van der Waals surface area contributed by atoms with Gasteiger partial charge in [0, 0.05) is 24.0 Å². The highest BCUT2D eigenvalue weighted by Gasteiger charge is 2.29. The molecule has 2 heterocycles. The quantitative estimate of drug-likeness (QED) is 0.863. The summed E-state index contributed by atoms with van der Waals surface area (Å²) >= 11 is 5.83. The molecule has 2 aliphatic rings. The first-order valence-corrected chi connectivity index (χ1v) is 9.24. The number of nitrogens with one attached hydrogen (secondary N) is 1. The summed E-state index contributed by atoms with van der Waals surface area (Å²) in [7, 11) is 0. The van der Waals surface area contributed by atoms with Gasteiger partial charge in [-0.15, -0.1) is 0 Å². The minimum atomic E-state index is -0.516. The van der Waals surface area contributed by atoms with Crippen LogP contribution in [0.4, 0.5) is 10.1 Å². The van der Waals surface area contributed by atoms with Gasteiger partial charge in [0.1, 0.15) is 5.82 Å². The van der Waals surface area contributed by atoms with Gasteiger partial charge in [-0.3, -0.25) is 14.5 Å². The van der Waals surface area contributed by atoms with Crippen molar-refractivity contribution in [1.29, 1.82) is 0 Å². The number of likely N-dealkylation sites (tertiary alicyclic amines) is 1. The lowest BCUT2D eigenvalue weighted by atomic mass is 9.95. The number of ether oxygens (including phenoxy) is 1. The van der Waals surface area contributed by atoms with Crippen molar-refractivity contribution in [2.24, 2.45) is 5.92 Å². The van der Waals surface area contributed by atoms with Gasteiger partial charge >= 0.3 is 0 Å². The second-order valence-electron chi connectivity index (χ2n) is 6.66. The molecule has 8 heteroatoms. The van der Waals surface area contributed by atoms with Crippen LogP contribution in [0.1, 0.15) is 12.8 Å². The maximum Gasteiger partial charge on any atom is 0.238 e. The third-order valence-corrected chi connectivity index (χ3v) is 5.06. The molecule has 0 aliphatic carbocycles. The van der Waals surface area contributed by atoms with Crippen molar-refractivity contribution in [1.82, 2.24) is 9.80 Å². The van der Waals surface area contributed by atoms with Crippen LogP contribution in [0, 0.1) is 11.7 Å². The van der Waals surface area contributed by atoms with Gasteiger partial charge in [-0.05, 0) is 44.1 Å². The van der Waals surface area contributed by atoms with E-state index in [9.17, 15) is 14.0 Å². The highest BCUT2D eigenvalue weighted by Crippen LogP contribution is 2.22. The molecule has 3 rings (SSSR count). The van der Waals surface area contributed by atoms with Gasteiger partial charge in [0.05, 0.1) is 25.4 Å². The SMILES string of the molecule is O=C(CN1CCC(C(=O)N2CCOCC2)CC1)Nc1cc(Cl)ccc1F. The lowest BCUT2D eigenvalue weighted by Gasteiger charge is -2.35. The van der Waals surface area contributed by atoms with Gasteiger partial charge in [-0.1, -0.05) is 11.6 Å². The number of morpholine rings is 1. The molecule has 1 aromatic carbocycles. The summed E-state index contributed by atoms with van der Waals surface area (Å²) < 4.78 is 19.0. The van der Waals surface area contributed by atoms with E-state index in [-0.39, 0.29) is 30.0 Å². The summed E-state index contributed by atoms with van der Waals surface area (Å²) in [4.78, 5) is 28.5. The zero-order valence-corrected chi connectivity index (χ0v) is 15.3. The first kappa shape index (κ1) is 19.1. The maximum absolute atomic E-state index is 13.7. The van der Waals surface area contributed by atoms with Crippen LogP contribution >= 0.6 is 11.6 Å². The Morgan fingerprint density at radius 3 is 2.58 bits per heavy atom. The minimum Gasteiger partial charge on any atom is -0.378 e. The van der Waals surface area contributed by atoms with E-state index in [0.29, 0.717) is 44.4 Å². The van der Waals surface area contributed by atoms with E-state index in [1.165, 1.54) is 18.2 Å². The topological polar surface area (TPSA) is 61.9 Å². The molecule has 2 saturated heterocycles. The van der Waals surface area contributed by atoms with Crippen LogP contribution in [-0.2, 0) is 14.3 Å². The molecule has 2 aliphatic heterocycles. The van der Waals surface area contributed by atoms with Crippen LogP contribution in [0.3, 0.4) is 0 Å². The van der Waals surface area contributed by atoms with Crippen LogP contribution in [0.15, 0.2) is 18.2 Å². The van der Waals surface area contributed by atoms with Crippen molar-refractivity contribution in [3.05, 3.63) is 29.0 Å². The zero-order chi connectivity index (χ0) is 18.5. The normalized spacial score (nSPS) is 19.4. The molecule has 0 aromatic heterocycles. The van der Waals surface area contributed by atoms with Gasteiger partial charge in [0.25, 0.3) is 0 Å². The fraction of sp³-hybridized carbons (Fsp3) is 0.556. The Morgan fingerprint density at radius 2 is 1.88 bits per heavy atom. The van der Waals surface area contributed by atoms with Crippen molar-refractivity contribution in [2.75, 3.05) is 51.3 Å². The smallest absolute Gasteiger partial charge is 0.238 e. The number of benzene rings is 1. The van der Waals surface area contributed by atoms with Crippen molar-refractivity contribution in [3.8, 4) is 0 Å². The van der Waals surface area contributed by atoms with E-state index in [2.05, 4.69) is 5.32 Å². The third-order valence-electron chi connectivity index (χ3n) is 4.83. The van der Waals surface area contributed by atoms with Crippen molar-refractivity contribution in [3.63, 3.8) is 0 Å². The molecule has 2 fully saturated rings. The van der Waals surface area contributed by atoms with E-state index >= 15 is 0 Å². The fourth-order valence-corrected chi connectivity index (χ4v) is 3.54. The molecule has 0 spiro atoms. The minimum absolute atomic E-state index is 0.0118. The first-order chi connectivity index (χ1) is 12.5. The van der Waals surface area contributed by atoms with E-state index in [1.807, 2.05) is 9.80 Å². The van der Waals surface area contributed by atoms with Gasteiger partial charge in [0.15, 0.2) is 0 Å². The van der Waals surface area contributed by atoms with Crippen LogP contribution in [-0.4, -0.2) is 67.6 Å². The molecule has 0 unspecified atom stereocenters. The number of rotatable bonds is 4. The number of hydrogen-bond donors (Lipinski definition) is 1. The maximum atomic E-state index is 13.7. The number of amides is 2. The lowest BCUT2D eigenvalue weighted by Crippen LogP contribution is -2.47. The van der Waals surface area contributed by atoms with E-state index in [4.69, 9.17) is 16.3 Å². The Kier molecular flexibility index (Phi) is 6.45. The Hall–Kier alpha value is -1.70. The molecule has 142 valence electrons. The fourth-order valence-electron chi connectivity index (χ4n) is 3.37. The molecule has 1 N–H and O–H groups in total. The summed E-state index contributed by atoms with van der Waals surface area (Å²) in [6.07, 6.45) is 1.46. The molecule has 6 nitrogen and oxygen atoms in total. The third kappa shape index (κ3) is 4.93. The molecule has 0 atom stereocenters. The van der Waals surface area contributed by atoms with Gasteiger partial charge in [-0.25, -0.2) is 4.39 Å². The number of carbonyl (C=O) groups excluding carboxylic acids is 2. The molecular weight excluding hydrogens is 361 g/mol. The number of nitrogens with zero attached hydrogens (tertiary/aromatic N) is 2. The van der Waals surface area contributed by atoms with Gasteiger partial charge < -0.3 is 15.0 Å². The van der Waals surface area contributed by atoms with Crippen LogP contribution in [0.2, 0.25) is 5.02 Å². The summed E-state index contributed by atoms with van der Waals surface area (Å²) in [5, 5.41) is 2.92. The predicted octanol–water partition coefficient (Wildman–Crippen LogP) is 1.99. The predicted molar refractivity (Wildman–Crippen MR) is 96.6 cm³/mol.